The molecule has 1 rings (SSSR count). The van der Waals surface area contributed by atoms with Gasteiger partial charge < -0.3 is 24.8 Å². The summed E-state index contributed by atoms with van der Waals surface area (Å²) in [5.41, 5.74) is 0. The molecule has 3 N–H and O–H groups in total. The predicted molar refractivity (Wildman–Crippen MR) is 113 cm³/mol. The molecule has 5 nitrogen and oxygen atoms in total. The topological polar surface area (TPSA) is 79.2 Å². The summed E-state index contributed by atoms with van der Waals surface area (Å²) in [5.74, 6) is 0. The highest BCUT2D eigenvalue weighted by Crippen LogP contribution is 2.19. The maximum Gasteiger partial charge on any atom is 0.114 e. The molecule has 0 spiro atoms. The summed E-state index contributed by atoms with van der Waals surface area (Å²) in [6.45, 7) is 2.62. The van der Waals surface area contributed by atoms with Crippen LogP contribution in [0.15, 0.2) is 12.2 Å². The van der Waals surface area contributed by atoms with Gasteiger partial charge in [-0.3, -0.25) is 0 Å². The van der Waals surface area contributed by atoms with Crippen LogP contribution in [0, 0.1) is 0 Å². The molecule has 1 heterocycles. The molecule has 1 saturated heterocycles. The Bertz CT molecular complexity index is 374. The van der Waals surface area contributed by atoms with E-state index in [2.05, 4.69) is 19.1 Å². The van der Waals surface area contributed by atoms with Crippen molar-refractivity contribution < 1.29 is 24.8 Å². The van der Waals surface area contributed by atoms with Gasteiger partial charge in [-0.1, -0.05) is 70.4 Å². The average molecular weight is 401 g/mol. The Labute approximate surface area is 172 Å². The quantitative estimate of drug-likeness (QED) is 0.253. The van der Waals surface area contributed by atoms with E-state index in [-0.39, 0.29) is 13.2 Å². The second-order valence-electron chi connectivity index (χ2n) is 8.03. The number of aliphatic hydroxyl groups is 3. The van der Waals surface area contributed by atoms with E-state index in [1.165, 1.54) is 70.6 Å². The minimum atomic E-state index is -0.974. The van der Waals surface area contributed by atoms with Gasteiger partial charge in [-0.25, -0.2) is 0 Å². The van der Waals surface area contributed by atoms with Gasteiger partial charge >= 0.3 is 0 Å². The Hall–Kier alpha value is -0.460. The summed E-state index contributed by atoms with van der Waals surface area (Å²) < 4.78 is 10.8. The lowest BCUT2D eigenvalue weighted by Gasteiger charge is -2.37. The van der Waals surface area contributed by atoms with E-state index in [9.17, 15) is 10.2 Å². The molecule has 28 heavy (non-hydrogen) atoms. The molecular weight excluding hydrogens is 356 g/mol. The fourth-order valence-corrected chi connectivity index (χ4v) is 3.62. The molecule has 0 amide bonds. The van der Waals surface area contributed by atoms with Gasteiger partial charge in [0, 0.05) is 6.61 Å². The van der Waals surface area contributed by atoms with Crippen molar-refractivity contribution in [2.75, 3.05) is 19.8 Å². The van der Waals surface area contributed by atoms with E-state index in [4.69, 9.17) is 14.6 Å². The second-order valence-corrected chi connectivity index (χ2v) is 8.03. The van der Waals surface area contributed by atoms with Gasteiger partial charge in [-0.05, 0) is 32.1 Å². The molecule has 166 valence electrons. The Morgan fingerprint density at radius 2 is 1.43 bits per heavy atom. The molecule has 0 aromatic carbocycles. The third-order valence-corrected chi connectivity index (χ3v) is 5.47. The van der Waals surface area contributed by atoms with Crippen LogP contribution in [0.3, 0.4) is 0 Å². The highest BCUT2D eigenvalue weighted by atomic mass is 16.6. The number of hydrogen-bond acceptors (Lipinski definition) is 5. The fourth-order valence-electron chi connectivity index (χ4n) is 3.62. The lowest BCUT2D eigenvalue weighted by molar-refractivity contribution is -0.210. The van der Waals surface area contributed by atoms with E-state index >= 15 is 0 Å². The van der Waals surface area contributed by atoms with Crippen molar-refractivity contribution in [2.45, 2.75) is 115 Å². The van der Waals surface area contributed by atoms with Crippen molar-refractivity contribution in [1.82, 2.24) is 0 Å². The molecule has 0 unspecified atom stereocenters. The number of allylic oxidation sites excluding steroid dienone is 2. The summed E-state index contributed by atoms with van der Waals surface area (Å²) >= 11 is 0. The smallest absolute Gasteiger partial charge is 0.114 e. The molecule has 1 fully saturated rings. The van der Waals surface area contributed by atoms with Crippen molar-refractivity contribution in [1.29, 1.82) is 0 Å². The highest BCUT2D eigenvalue weighted by Gasteiger charge is 2.38. The van der Waals surface area contributed by atoms with Gasteiger partial charge in [0.15, 0.2) is 0 Å². The number of hydrogen-bond donors (Lipinski definition) is 3. The van der Waals surface area contributed by atoms with Crippen LogP contribution < -0.4 is 0 Å². The van der Waals surface area contributed by atoms with Crippen LogP contribution >= 0.6 is 0 Å². The Kier molecular flexibility index (Phi) is 15.9. The predicted octanol–water partition coefficient (Wildman–Crippen LogP) is 4.13. The minimum absolute atomic E-state index is 0.0975. The van der Waals surface area contributed by atoms with Crippen LogP contribution in [0.1, 0.15) is 90.4 Å². The summed E-state index contributed by atoms with van der Waals surface area (Å²) in [7, 11) is 0. The van der Waals surface area contributed by atoms with E-state index in [1.807, 2.05) is 0 Å². The maximum atomic E-state index is 10.0. The molecule has 1 aliphatic rings. The Morgan fingerprint density at radius 1 is 0.857 bits per heavy atom. The molecule has 0 aliphatic carbocycles. The molecule has 0 aromatic heterocycles. The first-order chi connectivity index (χ1) is 13.7. The molecule has 4 atom stereocenters. The third kappa shape index (κ3) is 11.5. The molecule has 1 aliphatic heterocycles. The minimum Gasteiger partial charge on any atom is -0.394 e. The van der Waals surface area contributed by atoms with Crippen LogP contribution in [0.2, 0.25) is 0 Å². The molecule has 5 heteroatoms. The van der Waals surface area contributed by atoms with Crippen molar-refractivity contribution >= 4 is 0 Å². The zero-order valence-electron chi connectivity index (χ0n) is 17.9. The van der Waals surface area contributed by atoms with Crippen LogP contribution in [0.5, 0.6) is 0 Å². The van der Waals surface area contributed by atoms with Crippen LogP contribution in [-0.2, 0) is 9.47 Å². The molecular formula is C23H44O5. The molecule has 0 radical (unpaired) electrons. The number of rotatable bonds is 17. The van der Waals surface area contributed by atoms with Gasteiger partial charge in [0.2, 0.25) is 0 Å². The molecule has 0 bridgehead atoms. The van der Waals surface area contributed by atoms with Gasteiger partial charge in [-0.2, -0.15) is 0 Å². The normalized spacial score (nSPS) is 25.6. The summed E-state index contributed by atoms with van der Waals surface area (Å²) in [6, 6.07) is 0. The zero-order chi connectivity index (χ0) is 20.5. The first kappa shape index (κ1) is 25.6. The largest absolute Gasteiger partial charge is 0.394 e. The van der Waals surface area contributed by atoms with Crippen LogP contribution in [0.4, 0.5) is 0 Å². The highest BCUT2D eigenvalue weighted by molar-refractivity contribution is 4.87. The molecule has 0 aromatic rings. The van der Waals surface area contributed by atoms with Crippen molar-refractivity contribution in [3.8, 4) is 0 Å². The molecule has 0 saturated carbocycles. The number of aliphatic hydroxyl groups excluding tert-OH is 3. The zero-order valence-corrected chi connectivity index (χ0v) is 17.9. The van der Waals surface area contributed by atoms with Crippen LogP contribution in [0.25, 0.3) is 0 Å². The summed E-state index contributed by atoms with van der Waals surface area (Å²) in [6.07, 6.45) is 17.8. The van der Waals surface area contributed by atoms with E-state index < -0.39 is 24.4 Å². The lowest BCUT2D eigenvalue weighted by Crippen LogP contribution is -2.55. The van der Waals surface area contributed by atoms with Gasteiger partial charge in [0.25, 0.3) is 0 Å². The van der Waals surface area contributed by atoms with E-state index in [0.29, 0.717) is 6.61 Å². The number of unbranched alkanes of at least 4 members (excludes halogenated alkanes) is 11. The summed E-state index contributed by atoms with van der Waals surface area (Å²) in [5, 5.41) is 29.1. The van der Waals surface area contributed by atoms with E-state index in [1.54, 1.807) is 0 Å². The van der Waals surface area contributed by atoms with Crippen molar-refractivity contribution in [3.63, 3.8) is 0 Å². The second kappa shape index (κ2) is 17.4. The van der Waals surface area contributed by atoms with Crippen molar-refractivity contribution in [2.24, 2.45) is 0 Å². The maximum absolute atomic E-state index is 10.0. The lowest BCUT2D eigenvalue weighted by atomic mass is 10.0. The van der Waals surface area contributed by atoms with Crippen molar-refractivity contribution in [3.05, 3.63) is 12.2 Å². The first-order valence-electron chi connectivity index (χ1n) is 11.6. The third-order valence-electron chi connectivity index (χ3n) is 5.47. The van der Waals surface area contributed by atoms with Gasteiger partial charge in [0.1, 0.15) is 24.4 Å². The average Bonchev–Trinajstić information content (AvgIpc) is 2.70. The number of ether oxygens (including phenoxy) is 2. The standard InChI is InChI=1S/C23H44O5/c1-2-3-4-5-6-7-8-9-10-11-12-13-14-15-16-17-27-23-20(25)19-28-21(18-24)22(23)26/h8-9,20-26H,2-7,10-19H2,1H3/b9-8+/t20-,21+,22+,23+/m1/s1. The first-order valence-corrected chi connectivity index (χ1v) is 11.6. The van der Waals surface area contributed by atoms with Gasteiger partial charge in [0.05, 0.1) is 13.2 Å². The van der Waals surface area contributed by atoms with E-state index in [0.717, 1.165) is 12.8 Å². The van der Waals surface area contributed by atoms with Gasteiger partial charge in [-0.15, -0.1) is 0 Å². The fraction of sp³-hybridized carbons (Fsp3) is 0.913. The Morgan fingerprint density at radius 3 is 2.04 bits per heavy atom. The SMILES string of the molecule is CCCCCCC/C=C/CCCCCCCCO[C@@H]1[C@@H](O)[C@H](CO)OC[C@H]1O. The summed E-state index contributed by atoms with van der Waals surface area (Å²) in [4.78, 5) is 0. The monoisotopic (exact) mass is 400 g/mol. The van der Waals surface area contributed by atoms with Crippen LogP contribution in [-0.4, -0.2) is 59.6 Å². The Balaban J connectivity index is 1.89.